The van der Waals surface area contributed by atoms with E-state index >= 15 is 0 Å². The van der Waals surface area contributed by atoms with E-state index in [1.807, 2.05) is 42.6 Å². The molecule has 5 aromatic rings. The van der Waals surface area contributed by atoms with Crippen molar-refractivity contribution in [3.63, 3.8) is 0 Å². The molecular weight excluding hydrogens is 548 g/mol. The Morgan fingerprint density at radius 2 is 1.63 bits per heavy atom. The molecule has 5 rings (SSSR count). The molecule has 0 bridgehead atoms. The Morgan fingerprint density at radius 3 is 2.37 bits per heavy atom. The van der Waals surface area contributed by atoms with Gasteiger partial charge in [-0.25, -0.2) is 9.59 Å². The van der Waals surface area contributed by atoms with Crippen LogP contribution in [0.4, 0.5) is 15.3 Å². The number of nitrogens with zero attached hydrogens (tertiary/aromatic N) is 2. The fourth-order valence-corrected chi connectivity index (χ4v) is 4.77. The van der Waals surface area contributed by atoms with Crippen LogP contribution in [0.3, 0.4) is 0 Å². The van der Waals surface area contributed by atoms with E-state index in [4.69, 9.17) is 9.47 Å². The van der Waals surface area contributed by atoms with Crippen molar-refractivity contribution in [2.45, 2.75) is 65.2 Å². The van der Waals surface area contributed by atoms with E-state index in [9.17, 15) is 14.4 Å². The minimum atomic E-state index is -0.925. The number of H-pyrrole nitrogens is 2. The number of anilines is 1. The number of para-hydroxylation sites is 2. The molecule has 2 amide bonds. The zero-order valence-corrected chi connectivity index (χ0v) is 25.1. The summed E-state index contributed by atoms with van der Waals surface area (Å²) >= 11 is 0. The van der Waals surface area contributed by atoms with Gasteiger partial charge >= 0.3 is 12.2 Å². The molecule has 0 saturated heterocycles. The monoisotopic (exact) mass is 584 g/mol. The van der Waals surface area contributed by atoms with Crippen LogP contribution < -0.4 is 10.6 Å². The van der Waals surface area contributed by atoms with Crippen LogP contribution in [0.25, 0.3) is 32.9 Å². The summed E-state index contributed by atoms with van der Waals surface area (Å²) in [6.45, 7) is 10.7. The highest BCUT2D eigenvalue weighted by Crippen LogP contribution is 2.32. The summed E-state index contributed by atoms with van der Waals surface area (Å²) in [5.41, 5.74) is 3.15. The summed E-state index contributed by atoms with van der Waals surface area (Å²) in [6, 6.07) is 12.4. The van der Waals surface area contributed by atoms with E-state index in [0.29, 0.717) is 16.8 Å². The minimum absolute atomic E-state index is 0.241. The number of amides is 2. The van der Waals surface area contributed by atoms with Gasteiger partial charge in [-0.2, -0.15) is 9.78 Å². The minimum Gasteiger partial charge on any atom is -0.444 e. The summed E-state index contributed by atoms with van der Waals surface area (Å²) in [4.78, 5) is 45.4. The maximum absolute atomic E-state index is 13.7. The normalized spacial score (nSPS) is 12.7. The molecule has 0 aliphatic carbocycles. The van der Waals surface area contributed by atoms with Crippen LogP contribution in [0.1, 0.15) is 47.1 Å². The molecule has 0 aliphatic heterocycles. The molecule has 43 heavy (non-hydrogen) atoms. The Balaban J connectivity index is 1.40. The van der Waals surface area contributed by atoms with Crippen LogP contribution in [0.5, 0.6) is 0 Å². The number of aromatic nitrogens is 4. The van der Waals surface area contributed by atoms with E-state index < -0.39 is 35.3 Å². The quantitative estimate of drug-likeness (QED) is 0.183. The highest BCUT2D eigenvalue weighted by molar-refractivity contribution is 6.07. The molecule has 0 saturated carbocycles. The van der Waals surface area contributed by atoms with Gasteiger partial charge in [0.25, 0.3) is 0 Å². The van der Waals surface area contributed by atoms with Gasteiger partial charge < -0.3 is 30.1 Å². The fraction of sp³-hybridized carbons (Fsp3) is 0.312. The third kappa shape index (κ3) is 6.88. The zero-order valence-electron chi connectivity index (χ0n) is 25.1. The van der Waals surface area contributed by atoms with Crippen molar-refractivity contribution in [3.8, 4) is 11.1 Å². The number of rotatable bonds is 6. The lowest BCUT2D eigenvalue weighted by Crippen LogP contribution is -2.47. The van der Waals surface area contributed by atoms with Crippen molar-refractivity contribution in [2.24, 2.45) is 0 Å². The van der Waals surface area contributed by atoms with Gasteiger partial charge in [-0.15, -0.1) is 0 Å². The van der Waals surface area contributed by atoms with Crippen LogP contribution in [-0.4, -0.2) is 55.1 Å². The van der Waals surface area contributed by atoms with Crippen LogP contribution >= 0.6 is 0 Å². The van der Waals surface area contributed by atoms with Crippen LogP contribution in [0, 0.1) is 0 Å². The summed E-state index contributed by atoms with van der Waals surface area (Å²) in [6.07, 6.45) is 5.80. The lowest BCUT2D eigenvalue weighted by molar-refractivity contribution is -0.118. The largest absolute Gasteiger partial charge is 0.444 e. The predicted molar refractivity (Wildman–Crippen MR) is 165 cm³/mol. The first-order valence-electron chi connectivity index (χ1n) is 14.0. The summed E-state index contributed by atoms with van der Waals surface area (Å²) < 4.78 is 12.0. The molecule has 0 spiro atoms. The Bertz CT molecular complexity index is 1800. The van der Waals surface area contributed by atoms with Gasteiger partial charge in [0, 0.05) is 52.4 Å². The average molecular weight is 585 g/mol. The molecule has 0 unspecified atom stereocenters. The molecule has 0 aliphatic rings. The molecule has 3 heterocycles. The molecule has 0 radical (unpaired) electrons. The standard InChI is InChI=1S/C32H36N6O5/c1-31(2,3)42-29(40)37-26(14-19-15-33-24-12-8-7-10-21(19)24)28(39)36-25-13-9-11-22-23(17-34-27(22)25)20-16-35-38(18-20)30(41)43-32(4,5)6/h7-13,15-18,26,33-34H,14H2,1-6H3,(H,36,39)(H,37,40)/t26-/m0/s1. The van der Waals surface area contributed by atoms with Crippen molar-refractivity contribution in [1.29, 1.82) is 0 Å². The van der Waals surface area contributed by atoms with Crippen molar-refractivity contribution < 1.29 is 23.9 Å². The lowest BCUT2D eigenvalue weighted by atomic mass is 10.0. The first-order chi connectivity index (χ1) is 20.3. The second-order valence-corrected chi connectivity index (χ2v) is 12.3. The number of carbonyl (C=O) groups excluding carboxylic acids is 3. The molecule has 2 aromatic carbocycles. The Hall–Kier alpha value is -5.06. The van der Waals surface area contributed by atoms with Crippen molar-refractivity contribution in [3.05, 3.63) is 72.8 Å². The molecule has 224 valence electrons. The Labute approximate surface area is 248 Å². The molecular formula is C32H36N6O5. The second kappa shape index (κ2) is 11.3. The molecule has 11 nitrogen and oxygen atoms in total. The maximum Gasteiger partial charge on any atom is 0.435 e. The molecule has 0 fully saturated rings. The molecule has 3 aromatic heterocycles. The highest BCUT2D eigenvalue weighted by atomic mass is 16.6. The number of ether oxygens (including phenoxy) is 2. The zero-order chi connectivity index (χ0) is 30.9. The number of alkyl carbamates (subject to hydrolysis) is 1. The molecule has 4 N–H and O–H groups in total. The van der Waals surface area contributed by atoms with Gasteiger partial charge in [0.1, 0.15) is 17.2 Å². The van der Waals surface area contributed by atoms with Gasteiger partial charge in [-0.3, -0.25) is 4.79 Å². The van der Waals surface area contributed by atoms with E-state index in [-0.39, 0.29) is 6.42 Å². The fourth-order valence-electron chi connectivity index (χ4n) is 4.77. The smallest absolute Gasteiger partial charge is 0.435 e. The Kier molecular flexibility index (Phi) is 7.74. The lowest BCUT2D eigenvalue weighted by Gasteiger charge is -2.23. The number of aromatic amines is 2. The van der Waals surface area contributed by atoms with Crippen molar-refractivity contribution in [2.75, 3.05) is 5.32 Å². The van der Waals surface area contributed by atoms with Gasteiger partial charge in [0.2, 0.25) is 5.91 Å². The van der Waals surface area contributed by atoms with Crippen LogP contribution in [-0.2, 0) is 20.7 Å². The van der Waals surface area contributed by atoms with E-state index in [0.717, 1.165) is 32.1 Å². The van der Waals surface area contributed by atoms with E-state index in [1.54, 1.807) is 66.2 Å². The third-order valence-electron chi connectivity index (χ3n) is 6.55. The molecule has 1 atom stereocenters. The predicted octanol–water partition coefficient (Wildman–Crippen LogP) is 6.37. The average Bonchev–Trinajstić information content (AvgIpc) is 3.65. The SMILES string of the molecule is CC(C)(C)OC(=O)N[C@@H](Cc1c[nH]c2ccccc12)C(=O)Nc1cccc2c(-c3cnn(C(=O)OC(C)(C)C)c3)c[nH]c12. The van der Waals surface area contributed by atoms with Crippen LogP contribution in [0.15, 0.2) is 67.3 Å². The number of nitrogens with one attached hydrogen (secondary N) is 4. The van der Waals surface area contributed by atoms with Gasteiger partial charge in [-0.05, 0) is 59.2 Å². The number of fused-ring (bicyclic) bond motifs is 2. The summed E-state index contributed by atoms with van der Waals surface area (Å²) in [5.74, 6) is -0.405. The second-order valence-electron chi connectivity index (χ2n) is 12.3. The summed E-state index contributed by atoms with van der Waals surface area (Å²) in [5, 5.41) is 11.7. The first kappa shape index (κ1) is 29.4. The number of hydrogen-bond donors (Lipinski definition) is 4. The number of benzene rings is 2. The first-order valence-corrected chi connectivity index (χ1v) is 14.0. The van der Waals surface area contributed by atoms with Crippen molar-refractivity contribution in [1.82, 2.24) is 25.1 Å². The highest BCUT2D eigenvalue weighted by Gasteiger charge is 2.27. The van der Waals surface area contributed by atoms with E-state index in [1.165, 1.54) is 0 Å². The summed E-state index contributed by atoms with van der Waals surface area (Å²) in [7, 11) is 0. The topological polar surface area (TPSA) is 143 Å². The molecule has 11 heteroatoms. The maximum atomic E-state index is 13.7. The number of carbonyl (C=O) groups is 3. The van der Waals surface area contributed by atoms with Crippen molar-refractivity contribution >= 4 is 45.6 Å². The number of hydrogen-bond acceptors (Lipinski definition) is 6. The van der Waals surface area contributed by atoms with Crippen LogP contribution in [0.2, 0.25) is 0 Å². The Morgan fingerprint density at radius 1 is 0.907 bits per heavy atom. The van der Waals surface area contributed by atoms with E-state index in [2.05, 4.69) is 25.7 Å². The van der Waals surface area contributed by atoms with Gasteiger partial charge in [0.15, 0.2) is 0 Å². The van der Waals surface area contributed by atoms with Gasteiger partial charge in [-0.1, -0.05) is 30.3 Å². The third-order valence-corrected chi connectivity index (χ3v) is 6.55. The van der Waals surface area contributed by atoms with Gasteiger partial charge in [0.05, 0.1) is 17.4 Å².